The number of carbonyl (C=O) groups is 1. The summed E-state index contributed by atoms with van der Waals surface area (Å²) in [6.45, 7) is 0. The zero-order valence-corrected chi connectivity index (χ0v) is 16.6. The summed E-state index contributed by atoms with van der Waals surface area (Å²) in [5.41, 5.74) is 0.433. The van der Waals surface area contributed by atoms with E-state index in [0.29, 0.717) is 10.7 Å². The summed E-state index contributed by atoms with van der Waals surface area (Å²) in [5.74, 6) is -2.82. The summed E-state index contributed by atoms with van der Waals surface area (Å²) in [7, 11) is -2.59. The molecule has 150 valence electrons. The minimum atomic E-state index is -3.96. The number of rotatable bonds is 5. The Morgan fingerprint density at radius 1 is 0.966 bits per heavy atom. The second kappa shape index (κ2) is 8.18. The van der Waals surface area contributed by atoms with E-state index in [4.69, 9.17) is 11.6 Å². The molecule has 0 radical (unpaired) electrons. The second-order valence-electron chi connectivity index (χ2n) is 6.06. The zero-order valence-electron chi connectivity index (χ0n) is 15.1. The van der Waals surface area contributed by atoms with Crippen molar-refractivity contribution in [1.82, 2.24) is 0 Å². The van der Waals surface area contributed by atoms with E-state index in [9.17, 15) is 22.0 Å². The van der Waals surface area contributed by atoms with Gasteiger partial charge in [0.2, 0.25) is 0 Å². The number of nitrogens with zero attached hydrogens (tertiary/aromatic N) is 1. The van der Waals surface area contributed by atoms with Crippen LogP contribution in [0.2, 0.25) is 5.02 Å². The van der Waals surface area contributed by atoms with E-state index in [1.807, 2.05) is 0 Å². The SMILES string of the molecule is CN(c1cccc(Cl)c1)S(=O)(=O)c1cccc(C(=O)Nc2ccc(F)c(F)c2)c1. The molecule has 0 aliphatic heterocycles. The van der Waals surface area contributed by atoms with Crippen molar-refractivity contribution in [2.75, 3.05) is 16.7 Å². The fourth-order valence-corrected chi connectivity index (χ4v) is 3.96. The van der Waals surface area contributed by atoms with E-state index in [1.165, 1.54) is 43.4 Å². The largest absolute Gasteiger partial charge is 0.322 e. The third kappa shape index (κ3) is 4.55. The van der Waals surface area contributed by atoms with Crippen LogP contribution < -0.4 is 9.62 Å². The fraction of sp³-hybridized carbons (Fsp3) is 0.0500. The molecule has 5 nitrogen and oxygen atoms in total. The molecular formula is C20H15ClF2N2O3S. The van der Waals surface area contributed by atoms with Gasteiger partial charge < -0.3 is 5.32 Å². The summed E-state index contributed by atoms with van der Waals surface area (Å²) >= 11 is 5.93. The van der Waals surface area contributed by atoms with Gasteiger partial charge in [0, 0.05) is 29.4 Å². The van der Waals surface area contributed by atoms with Crippen LogP contribution in [-0.4, -0.2) is 21.4 Å². The summed E-state index contributed by atoms with van der Waals surface area (Å²) in [5, 5.41) is 2.78. The van der Waals surface area contributed by atoms with Crippen molar-refractivity contribution in [3.05, 3.63) is 89.0 Å². The minimum Gasteiger partial charge on any atom is -0.322 e. The first-order valence-electron chi connectivity index (χ1n) is 8.29. The predicted octanol–water partition coefficient (Wildman–Crippen LogP) is 4.70. The standard InChI is InChI=1S/C20H15ClF2N2O3S/c1-25(16-6-3-5-14(21)11-16)29(27,28)17-7-2-4-13(10-17)20(26)24-15-8-9-18(22)19(23)12-15/h2-12H,1H3,(H,24,26). The Morgan fingerprint density at radius 2 is 1.69 bits per heavy atom. The van der Waals surface area contributed by atoms with Crippen LogP contribution in [0.3, 0.4) is 0 Å². The monoisotopic (exact) mass is 436 g/mol. The van der Waals surface area contributed by atoms with Crippen LogP contribution in [0.25, 0.3) is 0 Å². The minimum absolute atomic E-state index is 0.0373. The highest BCUT2D eigenvalue weighted by Crippen LogP contribution is 2.25. The van der Waals surface area contributed by atoms with Crippen molar-refractivity contribution in [2.45, 2.75) is 4.90 Å². The van der Waals surface area contributed by atoms with Crippen molar-refractivity contribution in [3.63, 3.8) is 0 Å². The maximum absolute atomic E-state index is 13.3. The van der Waals surface area contributed by atoms with Crippen LogP contribution in [0, 0.1) is 11.6 Å². The average Bonchev–Trinajstić information content (AvgIpc) is 2.70. The molecule has 9 heteroatoms. The van der Waals surface area contributed by atoms with Gasteiger partial charge in [-0.2, -0.15) is 0 Å². The van der Waals surface area contributed by atoms with Crippen molar-refractivity contribution >= 4 is 38.9 Å². The van der Waals surface area contributed by atoms with Crippen LogP contribution in [0.5, 0.6) is 0 Å². The molecule has 0 heterocycles. The van der Waals surface area contributed by atoms with Crippen molar-refractivity contribution in [1.29, 1.82) is 0 Å². The molecule has 1 amide bonds. The molecule has 0 saturated carbocycles. The van der Waals surface area contributed by atoms with E-state index in [-0.39, 0.29) is 16.1 Å². The summed E-state index contributed by atoms with van der Waals surface area (Å²) in [4.78, 5) is 12.3. The zero-order chi connectivity index (χ0) is 21.2. The first-order chi connectivity index (χ1) is 13.7. The maximum Gasteiger partial charge on any atom is 0.264 e. The van der Waals surface area contributed by atoms with Gasteiger partial charge in [-0.25, -0.2) is 17.2 Å². The number of anilines is 2. The van der Waals surface area contributed by atoms with Crippen LogP contribution in [0.15, 0.2) is 71.6 Å². The van der Waals surface area contributed by atoms with E-state index >= 15 is 0 Å². The third-order valence-corrected chi connectivity index (χ3v) is 6.12. The highest BCUT2D eigenvalue weighted by Gasteiger charge is 2.22. The molecule has 29 heavy (non-hydrogen) atoms. The molecule has 0 fully saturated rings. The number of carbonyl (C=O) groups excluding carboxylic acids is 1. The molecular weight excluding hydrogens is 422 g/mol. The quantitative estimate of drug-likeness (QED) is 0.630. The lowest BCUT2D eigenvalue weighted by Gasteiger charge is -2.20. The molecule has 0 aliphatic rings. The maximum atomic E-state index is 13.3. The lowest BCUT2D eigenvalue weighted by Crippen LogP contribution is -2.26. The normalized spacial score (nSPS) is 11.2. The molecule has 0 atom stereocenters. The summed E-state index contributed by atoms with van der Waals surface area (Å²) in [6, 6.07) is 14.6. The van der Waals surface area contributed by atoms with Gasteiger partial charge in [0.05, 0.1) is 10.6 Å². The smallest absolute Gasteiger partial charge is 0.264 e. The highest BCUT2D eigenvalue weighted by molar-refractivity contribution is 7.92. The fourth-order valence-electron chi connectivity index (χ4n) is 2.54. The van der Waals surface area contributed by atoms with Gasteiger partial charge in [-0.05, 0) is 48.5 Å². The molecule has 0 bridgehead atoms. The predicted molar refractivity (Wildman–Crippen MR) is 108 cm³/mol. The van der Waals surface area contributed by atoms with Gasteiger partial charge in [0.25, 0.3) is 15.9 Å². The first-order valence-corrected chi connectivity index (χ1v) is 10.1. The molecule has 0 saturated heterocycles. The highest BCUT2D eigenvalue weighted by atomic mass is 35.5. The molecule has 3 aromatic rings. The van der Waals surface area contributed by atoms with E-state index in [1.54, 1.807) is 18.2 Å². The van der Waals surface area contributed by atoms with Crippen LogP contribution in [0.1, 0.15) is 10.4 Å². The average molecular weight is 437 g/mol. The van der Waals surface area contributed by atoms with Gasteiger partial charge in [-0.15, -0.1) is 0 Å². The van der Waals surface area contributed by atoms with Gasteiger partial charge in [-0.3, -0.25) is 9.10 Å². The molecule has 3 rings (SSSR count). The Hall–Kier alpha value is -2.97. The van der Waals surface area contributed by atoms with E-state index in [2.05, 4.69) is 5.32 Å². The van der Waals surface area contributed by atoms with Crippen LogP contribution >= 0.6 is 11.6 Å². The molecule has 1 N–H and O–H groups in total. The number of sulfonamides is 1. The number of hydrogen-bond donors (Lipinski definition) is 1. The second-order valence-corrected chi connectivity index (χ2v) is 8.47. The van der Waals surface area contributed by atoms with Crippen LogP contribution in [-0.2, 0) is 10.0 Å². The number of nitrogens with one attached hydrogen (secondary N) is 1. The number of benzene rings is 3. The van der Waals surface area contributed by atoms with Gasteiger partial charge in [0.1, 0.15) is 0 Å². The van der Waals surface area contributed by atoms with Crippen LogP contribution in [0.4, 0.5) is 20.2 Å². The molecule has 0 aromatic heterocycles. The Bertz CT molecular complexity index is 1190. The Morgan fingerprint density at radius 3 is 2.38 bits per heavy atom. The number of amides is 1. The third-order valence-electron chi connectivity index (χ3n) is 4.10. The van der Waals surface area contributed by atoms with Gasteiger partial charge >= 0.3 is 0 Å². The lowest BCUT2D eigenvalue weighted by atomic mass is 10.2. The van der Waals surface area contributed by atoms with Gasteiger partial charge in [0.15, 0.2) is 11.6 Å². The van der Waals surface area contributed by atoms with Crippen molar-refractivity contribution in [2.24, 2.45) is 0 Å². The lowest BCUT2D eigenvalue weighted by molar-refractivity contribution is 0.102. The Balaban J connectivity index is 1.87. The Labute approximate surface area is 171 Å². The number of halogens is 3. The summed E-state index contributed by atoms with van der Waals surface area (Å²) in [6.07, 6.45) is 0. The molecule has 3 aromatic carbocycles. The van der Waals surface area contributed by atoms with Crippen molar-refractivity contribution in [3.8, 4) is 0 Å². The first kappa shape index (κ1) is 20.8. The van der Waals surface area contributed by atoms with Gasteiger partial charge in [-0.1, -0.05) is 23.7 Å². The van der Waals surface area contributed by atoms with E-state index in [0.717, 1.165) is 16.4 Å². The van der Waals surface area contributed by atoms with Crippen molar-refractivity contribution < 1.29 is 22.0 Å². The number of hydrogen-bond acceptors (Lipinski definition) is 3. The summed E-state index contributed by atoms with van der Waals surface area (Å²) < 4.78 is 53.2. The molecule has 0 spiro atoms. The molecule has 0 aliphatic carbocycles. The topological polar surface area (TPSA) is 66.5 Å². The molecule has 0 unspecified atom stereocenters. The Kier molecular flexibility index (Phi) is 5.86. The van der Waals surface area contributed by atoms with E-state index < -0.39 is 27.6 Å².